The summed E-state index contributed by atoms with van der Waals surface area (Å²) in [4.78, 5) is 15.4. The second kappa shape index (κ2) is 5.61. The predicted molar refractivity (Wildman–Crippen MR) is 75.8 cm³/mol. The molecule has 1 N–H and O–H groups in total. The number of nitrogens with zero attached hydrogens (tertiary/aromatic N) is 1. The summed E-state index contributed by atoms with van der Waals surface area (Å²) < 4.78 is 16.8. The van der Waals surface area contributed by atoms with E-state index in [9.17, 15) is 9.90 Å². The number of aromatic carboxylic acids is 1. The van der Waals surface area contributed by atoms with Gasteiger partial charge in [0.15, 0.2) is 11.5 Å². The van der Waals surface area contributed by atoms with Gasteiger partial charge in [0, 0.05) is 22.8 Å². The van der Waals surface area contributed by atoms with Crippen molar-refractivity contribution >= 4 is 21.9 Å². The van der Waals surface area contributed by atoms with Crippen LogP contribution < -0.4 is 14.2 Å². The molecule has 0 spiro atoms. The number of carbonyl (C=O) groups is 1. The van der Waals surface area contributed by atoms with Crippen LogP contribution in [0, 0.1) is 0 Å². The van der Waals surface area contributed by atoms with E-state index in [1.54, 1.807) is 12.3 Å². The van der Waals surface area contributed by atoms with Crippen molar-refractivity contribution in [1.29, 1.82) is 0 Å². The van der Waals surface area contributed by atoms with Crippen molar-refractivity contribution in [1.82, 2.24) is 4.98 Å². The molecule has 2 heterocycles. The lowest BCUT2D eigenvalue weighted by molar-refractivity contribution is 0.0691. The summed E-state index contributed by atoms with van der Waals surface area (Å²) in [6.45, 7) is 0.235. The summed E-state index contributed by atoms with van der Waals surface area (Å²) in [6.07, 6.45) is 1.65. The maximum absolute atomic E-state index is 11.3. The van der Waals surface area contributed by atoms with Gasteiger partial charge in [0.25, 0.3) is 0 Å². The molecule has 0 bridgehead atoms. The first kappa shape index (κ1) is 13.7. The van der Waals surface area contributed by atoms with Crippen LogP contribution in [-0.2, 0) is 6.61 Å². The lowest BCUT2D eigenvalue weighted by Gasteiger charge is -2.10. The summed E-state index contributed by atoms with van der Waals surface area (Å²) >= 11 is 3.29. The van der Waals surface area contributed by atoms with Gasteiger partial charge in [-0.2, -0.15) is 0 Å². The van der Waals surface area contributed by atoms with E-state index < -0.39 is 5.97 Å². The fraction of sp³-hybridized carbons (Fsp3) is 0.143. The maximum Gasteiger partial charge on any atom is 0.339 e. The van der Waals surface area contributed by atoms with Crippen LogP contribution in [0.3, 0.4) is 0 Å². The third-order valence-electron chi connectivity index (χ3n) is 2.87. The molecule has 0 atom stereocenters. The number of pyridine rings is 1. The number of fused-ring (bicyclic) bond motifs is 1. The zero-order valence-electron chi connectivity index (χ0n) is 10.7. The molecule has 108 valence electrons. The standard InChI is InChI=1S/C14H10BrNO5/c15-8-1-2-9(16-5-8)6-19-11-4-13-12(20-7-21-13)3-10(11)14(17)18/h1-5H,6-7H2,(H,17,18). The lowest BCUT2D eigenvalue weighted by Crippen LogP contribution is -2.04. The molecule has 3 rings (SSSR count). The van der Waals surface area contributed by atoms with Gasteiger partial charge in [0.05, 0.1) is 5.69 Å². The number of halogens is 1. The molecule has 0 aliphatic carbocycles. The van der Waals surface area contributed by atoms with Gasteiger partial charge in [0.2, 0.25) is 6.79 Å². The van der Waals surface area contributed by atoms with Crippen LogP contribution in [0.25, 0.3) is 0 Å². The molecular formula is C14H10BrNO5. The number of hydrogen-bond acceptors (Lipinski definition) is 5. The van der Waals surface area contributed by atoms with Crippen molar-refractivity contribution in [2.75, 3.05) is 6.79 Å². The first-order valence-electron chi connectivity index (χ1n) is 6.03. The summed E-state index contributed by atoms with van der Waals surface area (Å²) in [5.74, 6) is 0.00353. The van der Waals surface area contributed by atoms with Gasteiger partial charge in [-0.25, -0.2) is 4.79 Å². The molecule has 0 fully saturated rings. The third kappa shape index (κ3) is 2.92. The Kier molecular flexibility index (Phi) is 3.66. The largest absolute Gasteiger partial charge is 0.486 e. The quantitative estimate of drug-likeness (QED) is 0.912. The predicted octanol–water partition coefficient (Wildman–Crippen LogP) is 2.85. The molecule has 6 nitrogen and oxygen atoms in total. The molecule has 7 heteroatoms. The minimum atomic E-state index is -1.09. The molecule has 0 saturated heterocycles. The van der Waals surface area contributed by atoms with Crippen molar-refractivity contribution < 1.29 is 24.1 Å². The molecule has 0 amide bonds. The summed E-state index contributed by atoms with van der Waals surface area (Å²) in [5, 5.41) is 9.23. The first-order valence-corrected chi connectivity index (χ1v) is 6.83. The van der Waals surface area contributed by atoms with Gasteiger partial charge in [0.1, 0.15) is 17.9 Å². The molecule has 1 aliphatic heterocycles. The molecule has 1 aromatic carbocycles. The van der Waals surface area contributed by atoms with Crippen molar-refractivity contribution in [3.05, 3.63) is 46.2 Å². The van der Waals surface area contributed by atoms with Gasteiger partial charge in [-0.3, -0.25) is 4.98 Å². The van der Waals surface area contributed by atoms with Crippen LogP contribution in [0.15, 0.2) is 34.9 Å². The first-order chi connectivity index (χ1) is 10.1. The smallest absolute Gasteiger partial charge is 0.339 e. The number of carboxylic acid groups (broad SMARTS) is 1. The summed E-state index contributed by atoms with van der Waals surface area (Å²) in [6, 6.07) is 6.54. The van der Waals surface area contributed by atoms with E-state index in [1.165, 1.54) is 12.1 Å². The summed E-state index contributed by atoms with van der Waals surface area (Å²) in [7, 11) is 0. The Morgan fingerprint density at radius 2 is 2.10 bits per heavy atom. The van der Waals surface area contributed by atoms with E-state index in [0.717, 1.165) is 4.47 Å². The molecule has 0 radical (unpaired) electrons. The van der Waals surface area contributed by atoms with Crippen LogP contribution in [0.5, 0.6) is 17.2 Å². The van der Waals surface area contributed by atoms with Gasteiger partial charge in [-0.15, -0.1) is 0 Å². The number of rotatable bonds is 4. The topological polar surface area (TPSA) is 77.9 Å². The highest BCUT2D eigenvalue weighted by Crippen LogP contribution is 2.38. The number of benzene rings is 1. The average Bonchev–Trinajstić information content (AvgIpc) is 2.92. The van der Waals surface area contributed by atoms with E-state index in [0.29, 0.717) is 17.2 Å². The van der Waals surface area contributed by atoms with E-state index in [-0.39, 0.29) is 24.7 Å². The fourth-order valence-electron chi connectivity index (χ4n) is 1.85. The third-order valence-corrected chi connectivity index (χ3v) is 3.34. The monoisotopic (exact) mass is 351 g/mol. The van der Waals surface area contributed by atoms with E-state index in [2.05, 4.69) is 20.9 Å². The highest BCUT2D eigenvalue weighted by molar-refractivity contribution is 9.10. The van der Waals surface area contributed by atoms with E-state index in [1.807, 2.05) is 6.07 Å². The van der Waals surface area contributed by atoms with Crippen LogP contribution >= 0.6 is 15.9 Å². The van der Waals surface area contributed by atoms with E-state index >= 15 is 0 Å². The van der Waals surface area contributed by atoms with Gasteiger partial charge < -0.3 is 19.3 Å². The molecule has 1 aromatic heterocycles. The Labute approximate surface area is 128 Å². The second-order valence-corrected chi connectivity index (χ2v) is 5.18. The van der Waals surface area contributed by atoms with Crippen LogP contribution in [-0.4, -0.2) is 22.9 Å². The van der Waals surface area contributed by atoms with E-state index in [4.69, 9.17) is 14.2 Å². The normalized spacial score (nSPS) is 12.2. The Bertz CT molecular complexity index is 687. The van der Waals surface area contributed by atoms with Crippen LogP contribution in [0.2, 0.25) is 0 Å². The SMILES string of the molecule is O=C(O)c1cc2c(cc1OCc1ccc(Br)cn1)OCO2. The van der Waals surface area contributed by atoms with Crippen LogP contribution in [0.1, 0.15) is 16.1 Å². The Morgan fingerprint density at radius 3 is 2.76 bits per heavy atom. The maximum atomic E-state index is 11.3. The minimum absolute atomic E-state index is 0.0244. The number of aromatic nitrogens is 1. The van der Waals surface area contributed by atoms with Crippen molar-refractivity contribution in [3.8, 4) is 17.2 Å². The summed E-state index contributed by atoms with van der Waals surface area (Å²) in [5.41, 5.74) is 0.712. The molecule has 1 aliphatic rings. The zero-order chi connectivity index (χ0) is 14.8. The van der Waals surface area contributed by atoms with Crippen molar-refractivity contribution in [3.63, 3.8) is 0 Å². The molecule has 21 heavy (non-hydrogen) atoms. The Balaban J connectivity index is 1.84. The highest BCUT2D eigenvalue weighted by Gasteiger charge is 2.21. The highest BCUT2D eigenvalue weighted by atomic mass is 79.9. The fourth-order valence-corrected chi connectivity index (χ4v) is 2.09. The number of carboxylic acids is 1. The molecule has 0 saturated carbocycles. The molecular weight excluding hydrogens is 342 g/mol. The lowest BCUT2D eigenvalue weighted by atomic mass is 10.2. The van der Waals surface area contributed by atoms with Gasteiger partial charge in [-0.1, -0.05) is 0 Å². The van der Waals surface area contributed by atoms with Gasteiger partial charge in [-0.05, 0) is 28.1 Å². The Hall–Kier alpha value is -2.28. The Morgan fingerprint density at radius 1 is 1.33 bits per heavy atom. The number of hydrogen-bond donors (Lipinski definition) is 1. The second-order valence-electron chi connectivity index (χ2n) is 4.26. The van der Waals surface area contributed by atoms with Crippen molar-refractivity contribution in [2.24, 2.45) is 0 Å². The van der Waals surface area contributed by atoms with Gasteiger partial charge >= 0.3 is 5.97 Å². The average molecular weight is 352 g/mol. The number of ether oxygens (including phenoxy) is 3. The molecule has 0 unspecified atom stereocenters. The van der Waals surface area contributed by atoms with Crippen LogP contribution in [0.4, 0.5) is 0 Å². The minimum Gasteiger partial charge on any atom is -0.486 e. The van der Waals surface area contributed by atoms with Crippen molar-refractivity contribution in [2.45, 2.75) is 6.61 Å². The zero-order valence-corrected chi connectivity index (χ0v) is 12.3. The molecule has 2 aromatic rings.